The lowest BCUT2D eigenvalue weighted by molar-refractivity contribution is 0.177. The average Bonchev–Trinajstić information content (AvgIpc) is 3.25. The number of hydrogen-bond donors (Lipinski definition) is 1. The first-order chi connectivity index (χ1) is 14.8. The standard InChI is InChI=1S/C23H27ClF2N2O2S/c24-18-13-23(31(29,30)15-16-6-5-7-17(25)12-16)19(26)14-21(18)27-20-8-1-2-9-22(20)28-10-3-4-11-28/h5-7,12-14,20,22,27H,1-4,8-11,15H2/t20?,22-/m0/s1. The number of anilines is 1. The van der Waals surface area contributed by atoms with Crippen LogP contribution in [-0.4, -0.2) is 38.5 Å². The summed E-state index contributed by atoms with van der Waals surface area (Å²) in [4.78, 5) is 2.03. The van der Waals surface area contributed by atoms with Gasteiger partial charge in [0.25, 0.3) is 0 Å². The van der Waals surface area contributed by atoms with Crippen LogP contribution in [0.3, 0.4) is 0 Å². The van der Waals surface area contributed by atoms with Gasteiger partial charge in [0, 0.05) is 12.1 Å². The molecular formula is C23H27ClF2N2O2S. The molecule has 2 aromatic carbocycles. The molecule has 0 amide bonds. The Morgan fingerprint density at radius 1 is 1.03 bits per heavy atom. The van der Waals surface area contributed by atoms with E-state index in [2.05, 4.69) is 10.2 Å². The zero-order valence-electron chi connectivity index (χ0n) is 17.3. The molecule has 1 aliphatic heterocycles. The lowest BCUT2D eigenvalue weighted by atomic mass is 9.89. The van der Waals surface area contributed by atoms with Crippen LogP contribution in [0.1, 0.15) is 44.1 Å². The van der Waals surface area contributed by atoms with Crippen LogP contribution in [0.4, 0.5) is 14.5 Å². The minimum absolute atomic E-state index is 0.151. The maximum Gasteiger partial charge on any atom is 0.185 e. The van der Waals surface area contributed by atoms with Crippen LogP contribution >= 0.6 is 11.6 Å². The molecule has 1 saturated carbocycles. The van der Waals surface area contributed by atoms with E-state index in [0.717, 1.165) is 38.4 Å². The van der Waals surface area contributed by atoms with Gasteiger partial charge in [0.05, 0.1) is 16.5 Å². The predicted octanol–water partition coefficient (Wildman–Crippen LogP) is 5.41. The number of hydrogen-bond acceptors (Lipinski definition) is 4. The first-order valence-corrected chi connectivity index (χ1v) is 12.8. The summed E-state index contributed by atoms with van der Waals surface area (Å²) in [6.07, 6.45) is 6.75. The summed E-state index contributed by atoms with van der Waals surface area (Å²) in [6.45, 7) is 2.17. The highest BCUT2D eigenvalue weighted by molar-refractivity contribution is 7.90. The number of benzene rings is 2. The summed E-state index contributed by atoms with van der Waals surface area (Å²) < 4.78 is 53.8. The van der Waals surface area contributed by atoms with Crippen molar-refractivity contribution < 1.29 is 17.2 Å². The Morgan fingerprint density at radius 2 is 1.77 bits per heavy atom. The Labute approximate surface area is 187 Å². The molecule has 31 heavy (non-hydrogen) atoms. The summed E-state index contributed by atoms with van der Waals surface area (Å²) in [6, 6.07) is 8.17. The Morgan fingerprint density at radius 3 is 2.52 bits per heavy atom. The molecule has 4 rings (SSSR count). The Kier molecular flexibility index (Phi) is 6.84. The van der Waals surface area contributed by atoms with Gasteiger partial charge in [-0.15, -0.1) is 0 Å². The van der Waals surface area contributed by atoms with Crippen LogP contribution in [0.15, 0.2) is 41.3 Å². The van der Waals surface area contributed by atoms with E-state index in [1.807, 2.05) is 0 Å². The van der Waals surface area contributed by atoms with Crippen LogP contribution in [0.2, 0.25) is 5.02 Å². The molecule has 1 unspecified atom stereocenters. The quantitative estimate of drug-likeness (QED) is 0.615. The fourth-order valence-electron chi connectivity index (χ4n) is 4.79. The maximum atomic E-state index is 14.9. The van der Waals surface area contributed by atoms with Gasteiger partial charge in [-0.3, -0.25) is 4.90 Å². The number of sulfone groups is 1. The number of nitrogens with zero attached hydrogens (tertiary/aromatic N) is 1. The van der Waals surface area contributed by atoms with Crippen molar-refractivity contribution >= 4 is 27.1 Å². The van der Waals surface area contributed by atoms with Crippen LogP contribution < -0.4 is 5.32 Å². The Bertz CT molecular complexity index is 1040. The molecule has 0 radical (unpaired) electrons. The third kappa shape index (κ3) is 5.21. The number of rotatable bonds is 6. The first kappa shape index (κ1) is 22.5. The fourth-order valence-corrected chi connectivity index (χ4v) is 6.50. The van der Waals surface area contributed by atoms with Gasteiger partial charge in [-0.25, -0.2) is 17.2 Å². The monoisotopic (exact) mass is 468 g/mol. The molecule has 0 bridgehead atoms. The molecule has 8 heteroatoms. The topological polar surface area (TPSA) is 49.4 Å². The average molecular weight is 469 g/mol. The van der Waals surface area contributed by atoms with Gasteiger partial charge in [0.15, 0.2) is 9.84 Å². The molecule has 168 valence electrons. The fraction of sp³-hybridized carbons (Fsp3) is 0.478. The van der Waals surface area contributed by atoms with Crippen molar-refractivity contribution in [2.45, 2.75) is 61.3 Å². The van der Waals surface area contributed by atoms with E-state index in [0.29, 0.717) is 11.7 Å². The summed E-state index contributed by atoms with van der Waals surface area (Å²) in [5.41, 5.74) is 0.674. The van der Waals surface area contributed by atoms with Gasteiger partial charge in [0.1, 0.15) is 16.5 Å². The molecule has 1 N–H and O–H groups in total. The van der Waals surface area contributed by atoms with Gasteiger partial charge in [-0.05, 0) is 68.6 Å². The summed E-state index contributed by atoms with van der Waals surface area (Å²) in [5, 5.41) is 3.57. The summed E-state index contributed by atoms with van der Waals surface area (Å²) in [7, 11) is -4.02. The van der Waals surface area contributed by atoms with Crippen molar-refractivity contribution in [1.29, 1.82) is 0 Å². The minimum atomic E-state index is -4.02. The molecule has 1 heterocycles. The third-order valence-electron chi connectivity index (χ3n) is 6.28. The smallest absolute Gasteiger partial charge is 0.185 e. The molecule has 2 aromatic rings. The van der Waals surface area contributed by atoms with Gasteiger partial charge in [-0.1, -0.05) is 36.6 Å². The highest BCUT2D eigenvalue weighted by Gasteiger charge is 2.32. The van der Waals surface area contributed by atoms with Gasteiger partial charge in [0.2, 0.25) is 0 Å². The molecule has 1 saturated heterocycles. The third-order valence-corrected chi connectivity index (χ3v) is 8.29. The van der Waals surface area contributed by atoms with Crippen LogP contribution in [0, 0.1) is 11.6 Å². The van der Waals surface area contributed by atoms with Crippen molar-refractivity contribution in [3.8, 4) is 0 Å². The SMILES string of the molecule is O=S(=O)(Cc1cccc(F)c1)c1cc(Cl)c(NC2CCCC[C@@H]2N2CCCC2)cc1F. The molecule has 0 aromatic heterocycles. The maximum absolute atomic E-state index is 14.9. The second-order valence-corrected chi connectivity index (χ2v) is 10.9. The van der Waals surface area contributed by atoms with Crippen LogP contribution in [0.5, 0.6) is 0 Å². The van der Waals surface area contributed by atoms with Crippen molar-refractivity contribution in [2.75, 3.05) is 18.4 Å². The van der Waals surface area contributed by atoms with E-state index in [-0.39, 0.29) is 16.6 Å². The van der Waals surface area contributed by atoms with E-state index >= 15 is 0 Å². The number of likely N-dealkylation sites (tertiary alicyclic amines) is 1. The molecule has 2 aliphatic rings. The number of halogens is 3. The van der Waals surface area contributed by atoms with E-state index in [1.165, 1.54) is 49.6 Å². The normalized spacial score (nSPS) is 22.5. The number of nitrogens with one attached hydrogen (secondary N) is 1. The Hall–Kier alpha value is -1.70. The summed E-state index contributed by atoms with van der Waals surface area (Å²) in [5.74, 6) is -1.88. The van der Waals surface area contributed by atoms with Crippen molar-refractivity contribution in [1.82, 2.24) is 4.90 Å². The van der Waals surface area contributed by atoms with Gasteiger partial charge in [-0.2, -0.15) is 0 Å². The molecule has 2 atom stereocenters. The molecule has 1 aliphatic carbocycles. The molecular weight excluding hydrogens is 442 g/mol. The van der Waals surface area contributed by atoms with Crippen LogP contribution in [-0.2, 0) is 15.6 Å². The van der Waals surface area contributed by atoms with Crippen molar-refractivity contribution in [3.05, 3.63) is 58.6 Å². The largest absolute Gasteiger partial charge is 0.379 e. The van der Waals surface area contributed by atoms with E-state index in [1.54, 1.807) is 0 Å². The lowest BCUT2D eigenvalue weighted by Crippen LogP contribution is -2.47. The van der Waals surface area contributed by atoms with Gasteiger partial charge >= 0.3 is 0 Å². The second kappa shape index (κ2) is 9.43. The van der Waals surface area contributed by atoms with Crippen molar-refractivity contribution in [2.24, 2.45) is 0 Å². The molecule has 4 nitrogen and oxygen atoms in total. The molecule has 0 spiro atoms. The lowest BCUT2D eigenvalue weighted by Gasteiger charge is -2.39. The van der Waals surface area contributed by atoms with E-state index in [9.17, 15) is 17.2 Å². The second-order valence-electron chi connectivity index (χ2n) is 8.50. The minimum Gasteiger partial charge on any atom is -0.379 e. The highest BCUT2D eigenvalue weighted by Crippen LogP contribution is 2.34. The zero-order valence-corrected chi connectivity index (χ0v) is 18.9. The van der Waals surface area contributed by atoms with E-state index < -0.39 is 32.1 Å². The van der Waals surface area contributed by atoms with Crippen LogP contribution in [0.25, 0.3) is 0 Å². The zero-order chi connectivity index (χ0) is 22.0. The van der Waals surface area contributed by atoms with E-state index in [4.69, 9.17) is 11.6 Å². The predicted molar refractivity (Wildman–Crippen MR) is 119 cm³/mol. The first-order valence-electron chi connectivity index (χ1n) is 10.8. The Balaban J connectivity index is 1.55. The highest BCUT2D eigenvalue weighted by atomic mass is 35.5. The summed E-state index contributed by atoms with van der Waals surface area (Å²) >= 11 is 6.40. The molecule has 2 fully saturated rings. The van der Waals surface area contributed by atoms with Crippen molar-refractivity contribution in [3.63, 3.8) is 0 Å². The van der Waals surface area contributed by atoms with Gasteiger partial charge < -0.3 is 5.32 Å².